The molecular weight excluding hydrogens is 691 g/mol. The van der Waals surface area contributed by atoms with Crippen LogP contribution in [0.25, 0.3) is 0 Å². The number of carbonyl (C=O) groups excluding carboxylic acids is 2. The van der Waals surface area contributed by atoms with E-state index < -0.39 is 6.10 Å². The van der Waals surface area contributed by atoms with Crippen molar-refractivity contribution in [2.75, 3.05) is 68.5 Å². The van der Waals surface area contributed by atoms with Gasteiger partial charge in [0.2, 0.25) is 11.8 Å². The molecular formula is C43H88Cl2N4O3+2. The van der Waals surface area contributed by atoms with E-state index in [2.05, 4.69) is 56.1 Å². The third kappa shape index (κ3) is 28.8. The summed E-state index contributed by atoms with van der Waals surface area (Å²) in [7, 11) is 12.5. The Hall–Kier alpha value is -0.600. The Kier molecular flexibility index (Phi) is 31.2. The highest BCUT2D eigenvalue weighted by atomic mass is 35.5. The van der Waals surface area contributed by atoms with Crippen LogP contribution in [0, 0.1) is 0 Å². The smallest absolute Gasteiger partial charge is 0.222 e. The Bertz CT molecular complexity index is 796. The van der Waals surface area contributed by atoms with Crippen LogP contribution in [0.4, 0.5) is 0 Å². The summed E-state index contributed by atoms with van der Waals surface area (Å²) in [5.74, 6) is 0.436. The molecule has 0 aromatic carbocycles. The quantitative estimate of drug-likeness (QED) is 0.0298. The van der Waals surface area contributed by atoms with E-state index in [1.54, 1.807) is 0 Å². The van der Waals surface area contributed by atoms with Crippen molar-refractivity contribution in [2.24, 2.45) is 0 Å². The lowest BCUT2D eigenvalue weighted by Gasteiger charge is -2.32. The van der Waals surface area contributed by atoms with Crippen molar-refractivity contribution in [3.8, 4) is 0 Å². The van der Waals surface area contributed by atoms with E-state index >= 15 is 0 Å². The van der Waals surface area contributed by atoms with Crippen LogP contribution in [-0.2, 0) is 9.59 Å². The minimum absolute atomic E-state index is 0.0593. The Morgan fingerprint density at radius 3 is 1.04 bits per heavy atom. The normalized spacial score (nSPS) is 14.0. The highest BCUT2D eigenvalue weighted by Crippen LogP contribution is 2.18. The lowest BCUT2D eigenvalue weighted by atomic mass is 10.1. The minimum Gasteiger partial charge on any atom is -0.393 e. The van der Waals surface area contributed by atoms with E-state index in [1.807, 2.05) is 9.80 Å². The van der Waals surface area contributed by atoms with Gasteiger partial charge in [-0.2, -0.15) is 0 Å². The van der Waals surface area contributed by atoms with Gasteiger partial charge in [-0.15, -0.1) is 0 Å². The number of nitrogens with zero attached hydrogens (tertiary/aromatic N) is 4. The Morgan fingerprint density at radius 1 is 0.462 bits per heavy atom. The third-order valence-corrected chi connectivity index (χ3v) is 12.2. The van der Waals surface area contributed by atoms with Crippen molar-refractivity contribution in [1.82, 2.24) is 9.80 Å². The second-order valence-electron chi connectivity index (χ2n) is 17.5. The maximum absolute atomic E-state index is 13.3. The van der Waals surface area contributed by atoms with Gasteiger partial charge in [-0.25, -0.2) is 0 Å². The zero-order valence-corrected chi connectivity index (χ0v) is 37.3. The second kappa shape index (κ2) is 31.6. The molecule has 1 N–H and O–H groups in total. The maximum atomic E-state index is 13.3. The van der Waals surface area contributed by atoms with Crippen LogP contribution in [0.2, 0.25) is 0 Å². The average molecular weight is 780 g/mol. The lowest BCUT2D eigenvalue weighted by Crippen LogP contribution is -2.44. The molecule has 0 bridgehead atoms. The molecule has 2 unspecified atom stereocenters. The molecule has 0 aliphatic heterocycles. The molecule has 2 atom stereocenters. The van der Waals surface area contributed by atoms with Crippen molar-refractivity contribution in [1.29, 1.82) is 0 Å². The summed E-state index contributed by atoms with van der Waals surface area (Å²) in [5.41, 5.74) is -0.119. The first-order valence-corrected chi connectivity index (χ1v) is 22.6. The third-order valence-electron chi connectivity index (χ3n) is 10.6. The largest absolute Gasteiger partial charge is 0.393 e. The fraction of sp³-hybridized carbons (Fsp3) is 0.953. The average Bonchev–Trinajstić information content (AvgIpc) is 3.08. The predicted octanol–water partition coefficient (Wildman–Crippen LogP) is 10.7. The van der Waals surface area contributed by atoms with Crippen molar-refractivity contribution in [3.05, 3.63) is 0 Å². The molecule has 0 rings (SSSR count). The number of hydrogen-bond acceptors (Lipinski definition) is 3. The number of rotatable bonds is 36. The number of aliphatic hydroxyl groups is 1. The highest BCUT2D eigenvalue weighted by molar-refractivity contribution is 6.19. The van der Waals surface area contributed by atoms with Crippen LogP contribution >= 0.6 is 23.2 Å². The van der Waals surface area contributed by atoms with E-state index in [0.717, 1.165) is 51.4 Å². The molecule has 0 saturated carbocycles. The van der Waals surface area contributed by atoms with Crippen LogP contribution in [0.3, 0.4) is 0 Å². The molecule has 2 amide bonds. The second-order valence-corrected chi connectivity index (χ2v) is 18.5. The van der Waals surface area contributed by atoms with Crippen LogP contribution < -0.4 is 0 Å². The first-order chi connectivity index (χ1) is 24.6. The number of hydrogen-bond donors (Lipinski definition) is 1. The van der Waals surface area contributed by atoms with E-state index in [9.17, 15) is 14.7 Å². The van der Waals surface area contributed by atoms with Gasteiger partial charge in [-0.05, 0) is 38.5 Å². The zero-order valence-electron chi connectivity index (χ0n) is 35.8. The van der Waals surface area contributed by atoms with Gasteiger partial charge < -0.3 is 23.9 Å². The monoisotopic (exact) mass is 779 g/mol. The number of alkyl halides is 2. The highest BCUT2D eigenvalue weighted by Gasteiger charge is 2.25. The molecule has 7 nitrogen and oxygen atoms in total. The van der Waals surface area contributed by atoms with Crippen LogP contribution in [0.1, 0.15) is 181 Å². The Labute approximate surface area is 333 Å². The molecule has 0 fully saturated rings. The van der Waals surface area contributed by atoms with Crippen LogP contribution in [0.5, 0.6) is 0 Å². The van der Waals surface area contributed by atoms with Gasteiger partial charge in [0.25, 0.3) is 0 Å². The molecule has 0 spiro atoms. The van der Waals surface area contributed by atoms with Gasteiger partial charge in [0.1, 0.15) is 0 Å². The van der Waals surface area contributed by atoms with Crippen molar-refractivity contribution in [3.63, 3.8) is 0 Å². The fourth-order valence-corrected chi connectivity index (χ4v) is 6.89. The first kappa shape index (κ1) is 51.4. The molecule has 0 aliphatic carbocycles. The molecule has 0 aliphatic rings. The summed E-state index contributed by atoms with van der Waals surface area (Å²) in [5, 5.41) is 10.9. The van der Waals surface area contributed by atoms with Crippen molar-refractivity contribution in [2.45, 2.75) is 198 Å². The molecule has 310 valence electrons. The van der Waals surface area contributed by atoms with E-state index in [1.165, 1.54) is 89.9 Å². The Balaban J connectivity index is 4.85. The van der Waals surface area contributed by atoms with Gasteiger partial charge in [0.05, 0.1) is 48.4 Å². The fourth-order valence-electron chi connectivity index (χ4n) is 6.69. The summed E-state index contributed by atoms with van der Waals surface area (Å²) in [6, 6.07) is 0. The number of unbranched alkanes of at least 4 members (excludes halogenated alkanes) is 16. The van der Waals surface area contributed by atoms with Gasteiger partial charge in [-0.3, -0.25) is 9.59 Å². The molecule has 9 heteroatoms. The molecule has 0 aromatic heterocycles. The maximum Gasteiger partial charge on any atom is 0.222 e. The first-order valence-electron chi connectivity index (χ1n) is 21.8. The van der Waals surface area contributed by atoms with E-state index in [-0.39, 0.29) is 22.8 Å². The van der Waals surface area contributed by atoms with Crippen molar-refractivity contribution < 1.29 is 23.7 Å². The van der Waals surface area contributed by atoms with Gasteiger partial charge in [-0.1, -0.05) is 140 Å². The molecule has 0 radical (unpaired) electrons. The standard InChI is InChI=1S/C43H88Cl2N4O3/c1-9-11-13-15-17-19-21-23-25-31-42(51)46(37-33-40(44)48(3,4)5)35-27-29-39(50)30-28-36-47(38-34-41(45)49(6,7)8)43(52)32-26-24-22-20-18-16-14-12-10-2/h39-41,50H,9-38H2,1-8H3/q+2. The Morgan fingerprint density at radius 2 is 0.750 bits per heavy atom. The predicted molar refractivity (Wildman–Crippen MR) is 226 cm³/mol. The van der Waals surface area contributed by atoms with E-state index in [4.69, 9.17) is 23.2 Å². The number of quaternary nitrogens is 2. The van der Waals surface area contributed by atoms with Gasteiger partial charge in [0, 0.05) is 51.9 Å². The van der Waals surface area contributed by atoms with Crippen molar-refractivity contribution >= 4 is 35.0 Å². The number of halogens is 2. The van der Waals surface area contributed by atoms with Crippen LogP contribution in [0.15, 0.2) is 0 Å². The number of amides is 2. The number of aliphatic hydroxyl groups excluding tert-OH is 1. The molecule has 0 heterocycles. The van der Waals surface area contributed by atoms with Gasteiger partial charge >= 0.3 is 0 Å². The minimum atomic E-state index is -0.442. The molecule has 0 saturated heterocycles. The van der Waals surface area contributed by atoms with Crippen LogP contribution in [-0.4, -0.2) is 121 Å². The van der Waals surface area contributed by atoms with E-state index in [0.29, 0.717) is 60.8 Å². The van der Waals surface area contributed by atoms with Gasteiger partial charge in [0.15, 0.2) is 11.0 Å². The summed E-state index contributed by atoms with van der Waals surface area (Å²) in [6.45, 7) is 7.12. The topological polar surface area (TPSA) is 60.9 Å². The molecule has 0 aromatic rings. The lowest BCUT2D eigenvalue weighted by molar-refractivity contribution is -0.882. The summed E-state index contributed by atoms with van der Waals surface area (Å²) in [6.07, 6.45) is 27.4. The zero-order chi connectivity index (χ0) is 39.3. The SMILES string of the molecule is CCCCCCCCCCCC(=O)N(CCCC(O)CCCN(CCC(Cl)[N+](C)(C)C)C(=O)CCCCCCCCCCC)CCC(Cl)[N+](C)(C)C. The molecule has 52 heavy (non-hydrogen) atoms. The summed E-state index contributed by atoms with van der Waals surface area (Å²) >= 11 is 13.4. The summed E-state index contributed by atoms with van der Waals surface area (Å²) < 4.78 is 1.31. The summed E-state index contributed by atoms with van der Waals surface area (Å²) in [4.78, 5) is 30.6. The number of carbonyl (C=O) groups is 2.